The summed E-state index contributed by atoms with van der Waals surface area (Å²) in [6.45, 7) is 4.73. The largest absolute Gasteiger partial charge is 0.310 e. The first-order valence-electron chi connectivity index (χ1n) is 21.1. The minimum Gasteiger partial charge on any atom is -0.310 e. The molecule has 3 nitrogen and oxygen atoms in total. The van der Waals surface area contributed by atoms with Crippen LogP contribution in [0.1, 0.15) is 25.0 Å². The summed E-state index contributed by atoms with van der Waals surface area (Å²) < 4.78 is 7.57. The SMILES string of the molecule is CC1(C)c2ccccc2-c2cc3c4cc(N(c5ccccc5)c5ccc(-n6c7ccccc7c7c8sc9ccccc9c8ccc76)cc5)ccc4n(-c4ccccc4)c3cc21. The zero-order valence-electron chi connectivity index (χ0n) is 33.8. The Morgan fingerprint density at radius 2 is 1.00 bits per heavy atom. The van der Waals surface area contributed by atoms with E-state index < -0.39 is 0 Å². The van der Waals surface area contributed by atoms with Crippen LogP contribution in [0.15, 0.2) is 200 Å². The second kappa shape index (κ2) is 12.8. The van der Waals surface area contributed by atoms with E-state index in [1.807, 2.05) is 11.3 Å². The van der Waals surface area contributed by atoms with Crippen molar-refractivity contribution in [3.05, 3.63) is 211 Å². The minimum absolute atomic E-state index is 0.0937. The molecule has 0 N–H and O–H groups in total. The monoisotopic (exact) mass is 797 g/mol. The Morgan fingerprint density at radius 1 is 0.393 bits per heavy atom. The first kappa shape index (κ1) is 34.5. The van der Waals surface area contributed by atoms with E-state index in [1.165, 1.54) is 86.0 Å². The molecule has 1 aliphatic rings. The van der Waals surface area contributed by atoms with Crippen LogP contribution in [0.25, 0.3) is 86.3 Å². The van der Waals surface area contributed by atoms with Crippen molar-refractivity contribution in [3.63, 3.8) is 0 Å². The summed E-state index contributed by atoms with van der Waals surface area (Å²) in [5, 5.41) is 7.75. The number of anilines is 3. The van der Waals surface area contributed by atoms with Crippen LogP contribution in [0, 0.1) is 0 Å². The van der Waals surface area contributed by atoms with Crippen molar-refractivity contribution in [2.45, 2.75) is 19.3 Å². The number of aromatic nitrogens is 2. The second-order valence-corrected chi connectivity index (χ2v) is 18.0. The van der Waals surface area contributed by atoms with Gasteiger partial charge in [-0.15, -0.1) is 11.3 Å². The Morgan fingerprint density at radius 3 is 1.84 bits per heavy atom. The zero-order chi connectivity index (χ0) is 40.4. The number of thiophene rings is 1. The molecule has 3 heterocycles. The molecule has 0 unspecified atom stereocenters. The second-order valence-electron chi connectivity index (χ2n) is 16.9. The fourth-order valence-corrected chi connectivity index (χ4v) is 11.7. The summed E-state index contributed by atoms with van der Waals surface area (Å²) in [6.07, 6.45) is 0. The molecular formula is C57H39N3S. The maximum Gasteiger partial charge on any atom is 0.0555 e. The Kier molecular flexibility index (Phi) is 7.23. The van der Waals surface area contributed by atoms with Crippen LogP contribution < -0.4 is 4.90 Å². The van der Waals surface area contributed by atoms with E-state index in [1.54, 1.807) is 0 Å². The number of para-hydroxylation sites is 3. The van der Waals surface area contributed by atoms with Gasteiger partial charge in [0.1, 0.15) is 0 Å². The molecule has 0 amide bonds. The van der Waals surface area contributed by atoms with E-state index in [0.29, 0.717) is 0 Å². The number of rotatable bonds is 5. The Balaban J connectivity index is 0.998. The Bertz CT molecular complexity index is 3720. The molecule has 0 radical (unpaired) electrons. The lowest BCUT2D eigenvalue weighted by Gasteiger charge is -2.26. The van der Waals surface area contributed by atoms with Gasteiger partial charge in [-0.05, 0) is 119 Å². The molecule has 288 valence electrons. The predicted molar refractivity (Wildman–Crippen MR) is 260 cm³/mol. The molecule has 3 aromatic heterocycles. The molecule has 12 aromatic rings. The van der Waals surface area contributed by atoms with Crippen molar-refractivity contribution in [3.8, 4) is 22.5 Å². The van der Waals surface area contributed by atoms with Gasteiger partial charge in [0.05, 0.1) is 22.1 Å². The molecule has 0 saturated carbocycles. The molecule has 0 fully saturated rings. The van der Waals surface area contributed by atoms with E-state index in [0.717, 1.165) is 28.4 Å². The van der Waals surface area contributed by atoms with Gasteiger partial charge in [0.2, 0.25) is 0 Å². The normalized spacial score (nSPS) is 13.2. The maximum atomic E-state index is 2.46. The molecule has 0 spiro atoms. The summed E-state index contributed by atoms with van der Waals surface area (Å²) in [5.41, 5.74) is 15.8. The van der Waals surface area contributed by atoms with Crippen LogP contribution in [0.2, 0.25) is 0 Å². The highest BCUT2D eigenvalue weighted by Crippen LogP contribution is 2.52. The van der Waals surface area contributed by atoms with Crippen molar-refractivity contribution >= 4 is 92.2 Å². The fourth-order valence-electron chi connectivity index (χ4n) is 10.5. The quantitative estimate of drug-likeness (QED) is 0.169. The van der Waals surface area contributed by atoms with Gasteiger partial charge >= 0.3 is 0 Å². The summed E-state index contributed by atoms with van der Waals surface area (Å²) >= 11 is 1.90. The van der Waals surface area contributed by atoms with Gasteiger partial charge < -0.3 is 14.0 Å². The van der Waals surface area contributed by atoms with Crippen molar-refractivity contribution in [1.82, 2.24) is 9.13 Å². The lowest BCUT2D eigenvalue weighted by molar-refractivity contribution is 0.661. The minimum atomic E-state index is -0.0937. The van der Waals surface area contributed by atoms with Gasteiger partial charge in [0.15, 0.2) is 0 Å². The third-order valence-corrected chi connectivity index (χ3v) is 14.5. The zero-order valence-corrected chi connectivity index (χ0v) is 34.6. The topological polar surface area (TPSA) is 13.1 Å². The molecule has 13 rings (SSSR count). The van der Waals surface area contributed by atoms with E-state index in [-0.39, 0.29) is 5.41 Å². The first-order chi connectivity index (χ1) is 30.0. The highest BCUT2D eigenvalue weighted by Gasteiger charge is 2.36. The van der Waals surface area contributed by atoms with Crippen LogP contribution in [0.4, 0.5) is 17.1 Å². The summed E-state index contributed by atoms with van der Waals surface area (Å²) in [5.74, 6) is 0. The summed E-state index contributed by atoms with van der Waals surface area (Å²) in [4.78, 5) is 2.40. The first-order valence-corrected chi connectivity index (χ1v) is 21.9. The lowest BCUT2D eigenvalue weighted by atomic mass is 9.82. The molecule has 1 aliphatic carbocycles. The standard InChI is InChI=1S/C57H39N3S/c1-57(2)48-22-12-9-19-41(48)45-34-47-46-33-40(29-31-51(46)60(53(47)35-49(45)57)37-17-7-4-8-18-37)58(36-15-5-3-6-16-36)38-25-27-39(28-26-38)59-50-23-13-10-21-44(50)55-52(59)32-30-43-42-20-11-14-24-54(42)61-56(43)55/h3-35H,1-2H3. The maximum absolute atomic E-state index is 2.46. The van der Waals surface area contributed by atoms with Crippen molar-refractivity contribution in [1.29, 1.82) is 0 Å². The van der Waals surface area contributed by atoms with Crippen LogP contribution >= 0.6 is 11.3 Å². The Labute approximate surface area is 357 Å². The van der Waals surface area contributed by atoms with Crippen molar-refractivity contribution in [2.75, 3.05) is 4.90 Å². The van der Waals surface area contributed by atoms with Gasteiger partial charge in [-0.3, -0.25) is 0 Å². The average molecular weight is 798 g/mol. The molecule has 0 saturated heterocycles. The lowest BCUT2D eigenvalue weighted by Crippen LogP contribution is -2.14. The molecule has 9 aromatic carbocycles. The van der Waals surface area contributed by atoms with Gasteiger partial charge in [-0.2, -0.15) is 0 Å². The molecule has 0 aliphatic heterocycles. The molecule has 4 heteroatoms. The highest BCUT2D eigenvalue weighted by molar-refractivity contribution is 7.26. The third-order valence-electron chi connectivity index (χ3n) is 13.3. The van der Waals surface area contributed by atoms with Gasteiger partial charge in [-0.25, -0.2) is 0 Å². The number of hydrogen-bond donors (Lipinski definition) is 0. The smallest absolute Gasteiger partial charge is 0.0555 e. The van der Waals surface area contributed by atoms with E-state index in [4.69, 9.17) is 0 Å². The highest BCUT2D eigenvalue weighted by atomic mass is 32.1. The molecule has 0 atom stereocenters. The third kappa shape index (κ3) is 4.91. The molecular weight excluding hydrogens is 759 g/mol. The van der Waals surface area contributed by atoms with Crippen LogP contribution in [0.5, 0.6) is 0 Å². The summed E-state index contributed by atoms with van der Waals surface area (Å²) in [7, 11) is 0. The van der Waals surface area contributed by atoms with Gasteiger partial charge in [0.25, 0.3) is 0 Å². The van der Waals surface area contributed by atoms with Crippen LogP contribution in [0.3, 0.4) is 0 Å². The number of fused-ring (bicyclic) bond motifs is 13. The Hall–Kier alpha value is -7.40. The van der Waals surface area contributed by atoms with Gasteiger partial charge in [-0.1, -0.05) is 117 Å². The van der Waals surface area contributed by atoms with Crippen LogP contribution in [-0.2, 0) is 5.41 Å². The summed E-state index contributed by atoms with van der Waals surface area (Å²) in [6, 6.07) is 73.9. The average Bonchev–Trinajstić information content (AvgIpc) is 4.02. The van der Waals surface area contributed by atoms with E-state index >= 15 is 0 Å². The number of nitrogens with zero attached hydrogens (tertiary/aromatic N) is 3. The molecule has 61 heavy (non-hydrogen) atoms. The number of benzene rings is 9. The predicted octanol–water partition coefficient (Wildman–Crippen LogP) is 16.0. The fraction of sp³-hybridized carbons (Fsp3) is 0.0526. The van der Waals surface area contributed by atoms with E-state index in [2.05, 4.69) is 228 Å². The van der Waals surface area contributed by atoms with E-state index in [9.17, 15) is 0 Å². The van der Waals surface area contributed by atoms with Crippen molar-refractivity contribution in [2.24, 2.45) is 0 Å². The number of hydrogen-bond acceptors (Lipinski definition) is 2. The van der Waals surface area contributed by atoms with Crippen molar-refractivity contribution < 1.29 is 0 Å². The molecule has 0 bridgehead atoms. The van der Waals surface area contributed by atoms with Gasteiger partial charge in [0, 0.05) is 75.6 Å². The van der Waals surface area contributed by atoms with Crippen LogP contribution in [-0.4, -0.2) is 9.13 Å².